The van der Waals surface area contributed by atoms with E-state index < -0.39 is 0 Å². The molecule has 0 spiro atoms. The third-order valence-electron chi connectivity index (χ3n) is 4.62. The second-order valence-electron chi connectivity index (χ2n) is 6.30. The topological polar surface area (TPSA) is 33.1 Å². The molecule has 0 bridgehead atoms. The zero-order chi connectivity index (χ0) is 14.5. The minimum Gasteiger partial charge on any atom is -0.311 e. The number of hydrogen-bond donors (Lipinski definition) is 1. The van der Waals surface area contributed by atoms with E-state index in [4.69, 9.17) is 0 Å². The number of hydrogen-bond acceptors (Lipinski definition) is 3. The molecule has 1 saturated heterocycles. The Kier molecular flexibility index (Phi) is 5.61. The highest BCUT2D eigenvalue weighted by Crippen LogP contribution is 2.21. The Balaban J connectivity index is 2.04. The second-order valence-corrected chi connectivity index (χ2v) is 6.30. The molecular formula is C16H30N4. The largest absolute Gasteiger partial charge is 0.311 e. The zero-order valence-corrected chi connectivity index (χ0v) is 13.5. The zero-order valence-electron chi connectivity index (χ0n) is 13.5. The Morgan fingerprint density at radius 3 is 2.85 bits per heavy atom. The van der Waals surface area contributed by atoms with Crippen LogP contribution in [0.15, 0.2) is 12.4 Å². The molecule has 4 nitrogen and oxygen atoms in total. The van der Waals surface area contributed by atoms with Crippen LogP contribution in [0.4, 0.5) is 0 Å². The average Bonchev–Trinajstić information content (AvgIpc) is 2.84. The molecule has 1 fully saturated rings. The fourth-order valence-electron chi connectivity index (χ4n) is 3.24. The third-order valence-corrected chi connectivity index (χ3v) is 4.62. The lowest BCUT2D eigenvalue weighted by atomic mass is 9.93. The number of nitrogens with one attached hydrogen (secondary N) is 1. The van der Waals surface area contributed by atoms with Gasteiger partial charge < -0.3 is 5.32 Å². The summed E-state index contributed by atoms with van der Waals surface area (Å²) in [6.45, 7) is 10.3. The lowest BCUT2D eigenvalue weighted by Gasteiger charge is -2.43. The Bertz CT molecular complexity index is 401. The first-order valence-electron chi connectivity index (χ1n) is 8.09. The van der Waals surface area contributed by atoms with Gasteiger partial charge in [0.25, 0.3) is 0 Å². The Morgan fingerprint density at radius 1 is 1.45 bits per heavy atom. The molecule has 2 heterocycles. The number of piperazine rings is 1. The summed E-state index contributed by atoms with van der Waals surface area (Å²) in [6.07, 6.45) is 7.92. The molecular weight excluding hydrogens is 248 g/mol. The smallest absolute Gasteiger partial charge is 0.0534 e. The Labute approximate surface area is 123 Å². The predicted molar refractivity (Wildman–Crippen MR) is 83.6 cm³/mol. The van der Waals surface area contributed by atoms with Gasteiger partial charge in [-0.2, -0.15) is 5.10 Å². The molecule has 0 amide bonds. The van der Waals surface area contributed by atoms with Crippen LogP contribution >= 0.6 is 0 Å². The van der Waals surface area contributed by atoms with Crippen LogP contribution in [0.25, 0.3) is 0 Å². The summed E-state index contributed by atoms with van der Waals surface area (Å²) in [6, 6.07) is 1.30. The molecule has 0 aromatic carbocycles. The van der Waals surface area contributed by atoms with Gasteiger partial charge in [-0.3, -0.25) is 9.58 Å². The Hall–Kier alpha value is -0.870. The molecule has 20 heavy (non-hydrogen) atoms. The minimum absolute atomic E-state index is 0.647. The van der Waals surface area contributed by atoms with Crippen LogP contribution < -0.4 is 5.32 Å². The average molecular weight is 278 g/mol. The van der Waals surface area contributed by atoms with Gasteiger partial charge in [-0.05, 0) is 12.3 Å². The standard InChI is InChI=1S/C16H30N4/c1-5-7-15-12-20(11-14-8-18-19(4)10-14)16(9-17-15)13(3)6-2/h8,10,13,15-17H,5-7,9,11-12H2,1-4H3. The second kappa shape index (κ2) is 7.23. The highest BCUT2D eigenvalue weighted by molar-refractivity contribution is 5.05. The van der Waals surface area contributed by atoms with Crippen molar-refractivity contribution in [3.05, 3.63) is 18.0 Å². The number of aromatic nitrogens is 2. The highest BCUT2D eigenvalue weighted by Gasteiger charge is 2.30. The molecule has 3 unspecified atom stereocenters. The quantitative estimate of drug-likeness (QED) is 0.867. The van der Waals surface area contributed by atoms with E-state index in [0.717, 1.165) is 25.6 Å². The maximum atomic E-state index is 4.30. The van der Waals surface area contributed by atoms with Crippen LogP contribution in [0.3, 0.4) is 0 Å². The Morgan fingerprint density at radius 2 is 2.25 bits per heavy atom. The van der Waals surface area contributed by atoms with E-state index in [1.54, 1.807) is 0 Å². The van der Waals surface area contributed by atoms with Crippen molar-refractivity contribution in [2.75, 3.05) is 13.1 Å². The summed E-state index contributed by atoms with van der Waals surface area (Å²) in [4.78, 5) is 2.67. The van der Waals surface area contributed by atoms with Crippen molar-refractivity contribution in [1.29, 1.82) is 0 Å². The summed E-state index contributed by atoms with van der Waals surface area (Å²) in [5.74, 6) is 0.738. The van der Waals surface area contributed by atoms with Gasteiger partial charge in [0.15, 0.2) is 0 Å². The monoisotopic (exact) mass is 278 g/mol. The molecule has 1 aromatic rings. The van der Waals surface area contributed by atoms with Crippen molar-refractivity contribution in [1.82, 2.24) is 20.0 Å². The van der Waals surface area contributed by atoms with Crippen molar-refractivity contribution < 1.29 is 0 Å². The molecule has 1 aliphatic rings. The number of aryl methyl sites for hydroxylation is 1. The van der Waals surface area contributed by atoms with Crippen molar-refractivity contribution in [2.24, 2.45) is 13.0 Å². The normalized spacial score (nSPS) is 25.8. The van der Waals surface area contributed by atoms with Crippen molar-refractivity contribution >= 4 is 0 Å². The fraction of sp³-hybridized carbons (Fsp3) is 0.812. The molecule has 114 valence electrons. The molecule has 0 aliphatic carbocycles. The first-order valence-corrected chi connectivity index (χ1v) is 8.09. The summed E-state index contributed by atoms with van der Waals surface area (Å²) in [5.41, 5.74) is 1.33. The van der Waals surface area contributed by atoms with Crippen LogP contribution in [0.2, 0.25) is 0 Å². The molecule has 0 radical (unpaired) electrons. The molecule has 4 heteroatoms. The molecule has 1 N–H and O–H groups in total. The van der Waals surface area contributed by atoms with Gasteiger partial charge in [0.2, 0.25) is 0 Å². The predicted octanol–water partition coefficient (Wildman–Crippen LogP) is 2.41. The van der Waals surface area contributed by atoms with Gasteiger partial charge >= 0.3 is 0 Å². The molecule has 1 aliphatic heterocycles. The number of rotatable bonds is 6. The number of nitrogens with zero attached hydrogens (tertiary/aromatic N) is 3. The minimum atomic E-state index is 0.647. The van der Waals surface area contributed by atoms with E-state index >= 15 is 0 Å². The maximum Gasteiger partial charge on any atom is 0.0534 e. The van der Waals surface area contributed by atoms with E-state index in [-0.39, 0.29) is 0 Å². The molecule has 2 rings (SSSR count). The van der Waals surface area contributed by atoms with E-state index in [1.165, 1.54) is 24.8 Å². The lowest BCUT2D eigenvalue weighted by Crippen LogP contribution is -2.57. The summed E-state index contributed by atoms with van der Waals surface area (Å²) < 4.78 is 1.90. The molecule has 0 saturated carbocycles. The van der Waals surface area contributed by atoms with Gasteiger partial charge in [0.05, 0.1) is 6.20 Å². The van der Waals surface area contributed by atoms with Crippen molar-refractivity contribution in [2.45, 2.75) is 58.7 Å². The summed E-state index contributed by atoms with van der Waals surface area (Å²) >= 11 is 0. The van der Waals surface area contributed by atoms with Crippen molar-refractivity contribution in [3.8, 4) is 0 Å². The first kappa shape index (κ1) is 15.5. The lowest BCUT2D eigenvalue weighted by molar-refractivity contribution is 0.0818. The SMILES string of the molecule is CCCC1CN(Cc2cnn(C)c2)C(C(C)CC)CN1. The third kappa shape index (κ3) is 3.83. The van der Waals surface area contributed by atoms with Crippen LogP contribution in [-0.4, -0.2) is 39.9 Å². The highest BCUT2D eigenvalue weighted by atomic mass is 15.3. The van der Waals surface area contributed by atoms with E-state index in [9.17, 15) is 0 Å². The van der Waals surface area contributed by atoms with Crippen LogP contribution in [0.5, 0.6) is 0 Å². The van der Waals surface area contributed by atoms with Crippen LogP contribution in [-0.2, 0) is 13.6 Å². The maximum absolute atomic E-state index is 4.30. The van der Waals surface area contributed by atoms with Gasteiger partial charge in [0.1, 0.15) is 0 Å². The van der Waals surface area contributed by atoms with Gasteiger partial charge in [0, 0.05) is 50.5 Å². The molecule has 1 aromatic heterocycles. The van der Waals surface area contributed by atoms with Gasteiger partial charge in [-0.25, -0.2) is 0 Å². The van der Waals surface area contributed by atoms with Crippen molar-refractivity contribution in [3.63, 3.8) is 0 Å². The van der Waals surface area contributed by atoms with E-state index in [1.807, 2.05) is 17.9 Å². The van der Waals surface area contributed by atoms with E-state index in [0.29, 0.717) is 12.1 Å². The van der Waals surface area contributed by atoms with E-state index in [2.05, 4.69) is 42.3 Å². The first-order chi connectivity index (χ1) is 9.63. The van der Waals surface area contributed by atoms with Crippen LogP contribution in [0.1, 0.15) is 45.6 Å². The summed E-state index contributed by atoms with van der Waals surface area (Å²) in [7, 11) is 1.99. The fourth-order valence-corrected chi connectivity index (χ4v) is 3.24. The van der Waals surface area contributed by atoms with Crippen LogP contribution in [0, 0.1) is 5.92 Å². The molecule has 3 atom stereocenters. The summed E-state index contributed by atoms with van der Waals surface area (Å²) in [5, 5.41) is 8.05. The van der Waals surface area contributed by atoms with Gasteiger partial charge in [-0.15, -0.1) is 0 Å². The van der Waals surface area contributed by atoms with Gasteiger partial charge in [-0.1, -0.05) is 33.6 Å².